The molecule has 0 bridgehead atoms. The van der Waals surface area contributed by atoms with Crippen LogP contribution in [-0.4, -0.2) is 31.1 Å². The average Bonchev–Trinajstić information content (AvgIpc) is 3.06. The summed E-state index contributed by atoms with van der Waals surface area (Å²) in [5.41, 5.74) is 0.0688. The second kappa shape index (κ2) is 8.57. The highest BCUT2D eigenvalue weighted by atomic mass is 79.9. The SMILES string of the molecule is CCOc1ccc(OCC)c(N2C(=O)NC(=O)/C(=C\c3cc(Br)cs3)C2=O)c1. The molecule has 1 aromatic heterocycles. The molecule has 146 valence electrons. The van der Waals surface area contributed by atoms with Crippen LogP contribution in [0.5, 0.6) is 11.5 Å². The zero-order chi connectivity index (χ0) is 20.3. The highest BCUT2D eigenvalue weighted by molar-refractivity contribution is 9.10. The van der Waals surface area contributed by atoms with E-state index in [0.717, 1.165) is 9.37 Å². The van der Waals surface area contributed by atoms with Crippen molar-refractivity contribution in [3.05, 3.63) is 44.6 Å². The van der Waals surface area contributed by atoms with Crippen molar-refractivity contribution in [1.82, 2.24) is 5.32 Å². The van der Waals surface area contributed by atoms with Crippen LogP contribution < -0.4 is 19.7 Å². The zero-order valence-electron chi connectivity index (χ0n) is 15.2. The van der Waals surface area contributed by atoms with Gasteiger partial charge in [0.1, 0.15) is 17.1 Å². The molecule has 2 heterocycles. The Balaban J connectivity index is 2.06. The zero-order valence-corrected chi connectivity index (χ0v) is 17.6. The number of anilines is 1. The predicted molar refractivity (Wildman–Crippen MR) is 110 cm³/mol. The Morgan fingerprint density at radius 2 is 1.89 bits per heavy atom. The molecule has 0 saturated carbocycles. The second-order valence-corrected chi connectivity index (χ2v) is 7.48. The quantitative estimate of drug-likeness (QED) is 0.516. The number of ether oxygens (including phenoxy) is 2. The molecule has 9 heteroatoms. The highest BCUT2D eigenvalue weighted by Crippen LogP contribution is 2.35. The summed E-state index contributed by atoms with van der Waals surface area (Å²) < 4.78 is 11.9. The number of nitrogens with one attached hydrogen (secondary N) is 1. The molecule has 0 unspecified atom stereocenters. The normalized spacial score (nSPS) is 15.8. The van der Waals surface area contributed by atoms with Gasteiger partial charge in [-0.1, -0.05) is 0 Å². The molecule has 3 rings (SSSR count). The number of nitrogens with zero attached hydrogens (tertiary/aromatic N) is 1. The fraction of sp³-hybridized carbons (Fsp3) is 0.211. The maximum atomic E-state index is 13.1. The molecular weight excluding hydrogens is 448 g/mol. The largest absolute Gasteiger partial charge is 0.494 e. The molecule has 28 heavy (non-hydrogen) atoms. The molecule has 0 radical (unpaired) electrons. The third-order valence-electron chi connectivity index (χ3n) is 3.76. The lowest BCUT2D eigenvalue weighted by Crippen LogP contribution is -2.54. The molecule has 7 nitrogen and oxygen atoms in total. The van der Waals surface area contributed by atoms with Crippen molar-refractivity contribution in [2.45, 2.75) is 13.8 Å². The maximum absolute atomic E-state index is 13.1. The minimum Gasteiger partial charge on any atom is -0.494 e. The van der Waals surface area contributed by atoms with Gasteiger partial charge in [-0.25, -0.2) is 9.69 Å². The average molecular weight is 465 g/mol. The number of barbiturate groups is 1. The van der Waals surface area contributed by atoms with Crippen LogP contribution >= 0.6 is 27.3 Å². The van der Waals surface area contributed by atoms with Crippen molar-refractivity contribution in [2.24, 2.45) is 0 Å². The number of hydrogen-bond acceptors (Lipinski definition) is 6. The van der Waals surface area contributed by atoms with E-state index in [4.69, 9.17) is 9.47 Å². The topological polar surface area (TPSA) is 84.9 Å². The number of benzene rings is 1. The van der Waals surface area contributed by atoms with Gasteiger partial charge in [-0.15, -0.1) is 11.3 Å². The Labute approximate surface area is 174 Å². The number of rotatable bonds is 6. The van der Waals surface area contributed by atoms with Gasteiger partial charge in [-0.2, -0.15) is 0 Å². The van der Waals surface area contributed by atoms with Gasteiger partial charge in [-0.3, -0.25) is 14.9 Å². The molecule has 2 aromatic rings. The van der Waals surface area contributed by atoms with Crippen molar-refractivity contribution < 1.29 is 23.9 Å². The summed E-state index contributed by atoms with van der Waals surface area (Å²) in [6.07, 6.45) is 1.46. The summed E-state index contributed by atoms with van der Waals surface area (Å²) >= 11 is 4.70. The standard InChI is InChI=1S/C19H17BrN2O5S/c1-3-26-12-5-6-16(27-4-2)15(8-12)22-18(24)14(17(23)21-19(22)25)9-13-7-11(20)10-28-13/h5-10H,3-4H2,1-2H3,(H,21,23,25)/b14-9+. The predicted octanol–water partition coefficient (Wildman–Crippen LogP) is 3.97. The summed E-state index contributed by atoms with van der Waals surface area (Å²) in [7, 11) is 0. The van der Waals surface area contributed by atoms with Crippen LogP contribution in [-0.2, 0) is 9.59 Å². The van der Waals surface area contributed by atoms with E-state index in [1.807, 2.05) is 12.3 Å². The molecule has 0 spiro atoms. The first-order valence-electron chi connectivity index (χ1n) is 8.49. The number of carbonyl (C=O) groups is 3. The lowest BCUT2D eigenvalue weighted by atomic mass is 10.1. The molecule has 0 atom stereocenters. The van der Waals surface area contributed by atoms with E-state index in [0.29, 0.717) is 29.6 Å². The van der Waals surface area contributed by atoms with Crippen LogP contribution in [0.25, 0.3) is 6.08 Å². The van der Waals surface area contributed by atoms with E-state index >= 15 is 0 Å². The lowest BCUT2D eigenvalue weighted by molar-refractivity contribution is -0.122. The number of carbonyl (C=O) groups excluding carboxylic acids is 3. The molecule has 1 aliphatic heterocycles. The first-order valence-corrected chi connectivity index (χ1v) is 10.2. The van der Waals surface area contributed by atoms with Crippen molar-refractivity contribution in [2.75, 3.05) is 18.1 Å². The maximum Gasteiger partial charge on any atom is 0.336 e. The van der Waals surface area contributed by atoms with Crippen LogP contribution in [0.2, 0.25) is 0 Å². The molecule has 1 N–H and O–H groups in total. The van der Waals surface area contributed by atoms with Crippen LogP contribution in [0.4, 0.5) is 10.5 Å². The van der Waals surface area contributed by atoms with E-state index in [1.54, 1.807) is 31.2 Å². The summed E-state index contributed by atoms with van der Waals surface area (Å²) in [5, 5.41) is 4.04. The second-order valence-electron chi connectivity index (χ2n) is 5.62. The lowest BCUT2D eigenvalue weighted by Gasteiger charge is -2.28. The highest BCUT2D eigenvalue weighted by Gasteiger charge is 2.38. The molecule has 0 aliphatic carbocycles. The summed E-state index contributed by atoms with van der Waals surface area (Å²) in [6.45, 7) is 4.38. The monoisotopic (exact) mass is 464 g/mol. The summed E-state index contributed by atoms with van der Waals surface area (Å²) in [5.74, 6) is -0.657. The summed E-state index contributed by atoms with van der Waals surface area (Å²) in [4.78, 5) is 39.4. The van der Waals surface area contributed by atoms with E-state index in [1.165, 1.54) is 17.4 Å². The van der Waals surface area contributed by atoms with E-state index in [2.05, 4.69) is 21.2 Å². The first-order chi connectivity index (χ1) is 13.4. The Bertz CT molecular complexity index is 969. The number of urea groups is 1. The Morgan fingerprint density at radius 3 is 2.54 bits per heavy atom. The van der Waals surface area contributed by atoms with Gasteiger partial charge in [0, 0.05) is 20.8 Å². The van der Waals surface area contributed by atoms with Crippen molar-refractivity contribution in [3.63, 3.8) is 0 Å². The molecule has 1 fully saturated rings. The fourth-order valence-electron chi connectivity index (χ4n) is 2.63. The van der Waals surface area contributed by atoms with Crippen LogP contribution in [0.15, 0.2) is 39.7 Å². The van der Waals surface area contributed by atoms with E-state index in [9.17, 15) is 14.4 Å². The Morgan fingerprint density at radius 1 is 1.14 bits per heavy atom. The molecule has 1 saturated heterocycles. The van der Waals surface area contributed by atoms with Gasteiger partial charge in [0.05, 0.1) is 18.9 Å². The minimum atomic E-state index is -0.839. The van der Waals surface area contributed by atoms with Crippen molar-refractivity contribution in [1.29, 1.82) is 0 Å². The van der Waals surface area contributed by atoms with Crippen LogP contribution in [0.1, 0.15) is 18.7 Å². The van der Waals surface area contributed by atoms with Gasteiger partial charge in [0.2, 0.25) is 0 Å². The van der Waals surface area contributed by atoms with Crippen molar-refractivity contribution in [3.8, 4) is 11.5 Å². The van der Waals surface area contributed by atoms with Gasteiger partial charge in [0.25, 0.3) is 11.8 Å². The molecule has 4 amide bonds. The van der Waals surface area contributed by atoms with Crippen LogP contribution in [0.3, 0.4) is 0 Å². The van der Waals surface area contributed by atoms with Gasteiger partial charge in [-0.05, 0) is 54.1 Å². The Hall–Kier alpha value is -2.65. The van der Waals surface area contributed by atoms with Gasteiger partial charge < -0.3 is 9.47 Å². The number of amides is 4. The Kier molecular flexibility index (Phi) is 6.15. The molecule has 1 aliphatic rings. The third kappa shape index (κ3) is 4.10. The summed E-state index contributed by atoms with van der Waals surface area (Å²) in [6, 6.07) is 5.80. The molecular formula is C19H17BrN2O5S. The minimum absolute atomic E-state index is 0.141. The van der Waals surface area contributed by atoms with Crippen molar-refractivity contribution >= 4 is 56.9 Å². The fourth-order valence-corrected chi connectivity index (χ4v) is 4.00. The van der Waals surface area contributed by atoms with Gasteiger partial charge >= 0.3 is 6.03 Å². The molecule has 1 aromatic carbocycles. The number of imide groups is 2. The van der Waals surface area contributed by atoms with E-state index in [-0.39, 0.29) is 11.3 Å². The van der Waals surface area contributed by atoms with Gasteiger partial charge in [0.15, 0.2) is 0 Å². The number of halogens is 1. The van der Waals surface area contributed by atoms with E-state index < -0.39 is 17.8 Å². The first kappa shape index (κ1) is 20.1. The number of thiophene rings is 1. The third-order valence-corrected chi connectivity index (χ3v) is 5.40. The number of hydrogen-bond donors (Lipinski definition) is 1. The van der Waals surface area contributed by atoms with Crippen LogP contribution in [0, 0.1) is 0 Å². The smallest absolute Gasteiger partial charge is 0.336 e.